The fraction of sp³-hybridized carbons (Fsp3) is 0.875. The highest BCUT2D eigenvalue weighted by Crippen LogP contribution is 2.44. The summed E-state index contributed by atoms with van der Waals surface area (Å²) in [5, 5.41) is 3.67. The van der Waals surface area contributed by atoms with Crippen molar-refractivity contribution in [3.8, 4) is 0 Å². The van der Waals surface area contributed by atoms with Crippen molar-refractivity contribution in [1.82, 2.24) is 5.32 Å². The van der Waals surface area contributed by atoms with Gasteiger partial charge in [-0.25, -0.2) is 0 Å². The van der Waals surface area contributed by atoms with Gasteiger partial charge in [-0.2, -0.15) is 11.8 Å². The topological polar surface area (TPSA) is 29.1 Å². The van der Waals surface area contributed by atoms with Gasteiger partial charge in [-0.05, 0) is 6.42 Å². The van der Waals surface area contributed by atoms with Crippen molar-refractivity contribution in [2.24, 2.45) is 5.41 Å². The zero-order valence-corrected chi connectivity index (χ0v) is 7.54. The van der Waals surface area contributed by atoms with Crippen LogP contribution in [0.2, 0.25) is 0 Å². The molecule has 0 aromatic carbocycles. The number of amides is 1. The Labute approximate surface area is 71.1 Å². The van der Waals surface area contributed by atoms with Gasteiger partial charge in [0.15, 0.2) is 0 Å². The Hall–Kier alpha value is -0.180. The summed E-state index contributed by atoms with van der Waals surface area (Å²) >= 11 is 2.00. The molecular weight excluding hydrogens is 158 g/mol. The molecule has 2 saturated heterocycles. The number of carbonyl (C=O) groups excluding carboxylic acids is 1. The van der Waals surface area contributed by atoms with E-state index in [0.29, 0.717) is 5.41 Å². The lowest BCUT2D eigenvalue weighted by atomic mass is 9.85. The van der Waals surface area contributed by atoms with E-state index in [-0.39, 0.29) is 5.91 Å². The molecule has 0 aromatic heterocycles. The molecule has 0 saturated carbocycles. The van der Waals surface area contributed by atoms with Crippen molar-refractivity contribution in [3.63, 3.8) is 0 Å². The highest BCUT2D eigenvalue weighted by molar-refractivity contribution is 8.00. The minimum atomic E-state index is 0.250. The maximum Gasteiger partial charge on any atom is 0.220 e. The molecule has 2 nitrogen and oxygen atoms in total. The van der Waals surface area contributed by atoms with Gasteiger partial charge in [-0.3, -0.25) is 4.79 Å². The molecule has 2 aliphatic heterocycles. The van der Waals surface area contributed by atoms with Crippen LogP contribution in [0.3, 0.4) is 0 Å². The van der Waals surface area contributed by atoms with Gasteiger partial charge in [0.25, 0.3) is 0 Å². The van der Waals surface area contributed by atoms with Crippen molar-refractivity contribution in [2.75, 3.05) is 12.3 Å². The number of carbonyl (C=O) groups is 1. The molecule has 0 aromatic rings. The first-order chi connectivity index (χ1) is 5.20. The van der Waals surface area contributed by atoms with E-state index in [1.165, 1.54) is 12.2 Å². The molecule has 3 heteroatoms. The standard InChI is InChI=1S/C8H13NOS/c1-6-2-8(5-11-6)3-7(10)9-4-8/h6H,2-5H2,1H3,(H,9,10). The molecule has 0 radical (unpaired) electrons. The average molecular weight is 171 g/mol. The smallest absolute Gasteiger partial charge is 0.220 e. The second kappa shape index (κ2) is 2.41. The Balaban J connectivity index is 2.07. The molecule has 2 fully saturated rings. The Morgan fingerprint density at radius 3 is 3.00 bits per heavy atom. The van der Waals surface area contributed by atoms with Gasteiger partial charge in [0.05, 0.1) is 0 Å². The van der Waals surface area contributed by atoms with Crippen LogP contribution >= 0.6 is 11.8 Å². The second-order valence-corrected chi connectivity index (χ2v) is 5.21. The van der Waals surface area contributed by atoms with Crippen LogP contribution in [0.5, 0.6) is 0 Å². The number of rotatable bonds is 0. The van der Waals surface area contributed by atoms with E-state index in [1.54, 1.807) is 0 Å². The highest BCUT2D eigenvalue weighted by Gasteiger charge is 2.43. The summed E-state index contributed by atoms with van der Waals surface area (Å²) in [6, 6.07) is 0. The van der Waals surface area contributed by atoms with Crippen LogP contribution < -0.4 is 5.32 Å². The normalized spacial score (nSPS) is 43.4. The van der Waals surface area contributed by atoms with E-state index in [9.17, 15) is 4.79 Å². The molecular formula is C8H13NOS. The zero-order valence-electron chi connectivity index (χ0n) is 6.72. The lowest BCUT2D eigenvalue weighted by Gasteiger charge is -2.18. The summed E-state index contributed by atoms with van der Waals surface area (Å²) in [6.45, 7) is 3.17. The summed E-state index contributed by atoms with van der Waals surface area (Å²) in [5.41, 5.74) is 0.334. The van der Waals surface area contributed by atoms with Crippen molar-refractivity contribution in [2.45, 2.75) is 25.0 Å². The number of thioether (sulfide) groups is 1. The van der Waals surface area contributed by atoms with Crippen LogP contribution in [0, 0.1) is 5.41 Å². The predicted molar refractivity (Wildman–Crippen MR) is 46.6 cm³/mol. The van der Waals surface area contributed by atoms with Crippen LogP contribution in [0.1, 0.15) is 19.8 Å². The van der Waals surface area contributed by atoms with Gasteiger partial charge in [0.1, 0.15) is 0 Å². The third kappa shape index (κ3) is 1.26. The summed E-state index contributed by atoms with van der Waals surface area (Å²) in [6.07, 6.45) is 1.99. The van der Waals surface area contributed by atoms with Crippen molar-refractivity contribution in [3.05, 3.63) is 0 Å². The average Bonchev–Trinajstić information content (AvgIpc) is 2.44. The summed E-state index contributed by atoms with van der Waals surface area (Å²) in [4.78, 5) is 11.0. The lowest BCUT2D eigenvalue weighted by molar-refractivity contribution is -0.119. The van der Waals surface area contributed by atoms with E-state index in [4.69, 9.17) is 0 Å². The molecule has 2 aliphatic rings. The Kier molecular flexibility index (Phi) is 1.63. The van der Waals surface area contributed by atoms with Gasteiger partial charge in [-0.1, -0.05) is 6.92 Å². The van der Waals surface area contributed by atoms with E-state index in [1.807, 2.05) is 11.8 Å². The first-order valence-corrected chi connectivity index (χ1v) is 5.13. The molecule has 1 amide bonds. The highest BCUT2D eigenvalue weighted by atomic mass is 32.2. The van der Waals surface area contributed by atoms with E-state index >= 15 is 0 Å². The largest absolute Gasteiger partial charge is 0.355 e. The van der Waals surface area contributed by atoms with E-state index in [2.05, 4.69) is 12.2 Å². The van der Waals surface area contributed by atoms with Crippen LogP contribution in [-0.4, -0.2) is 23.5 Å². The van der Waals surface area contributed by atoms with Gasteiger partial charge in [0.2, 0.25) is 5.91 Å². The zero-order chi connectivity index (χ0) is 7.90. The summed E-state index contributed by atoms with van der Waals surface area (Å²) < 4.78 is 0. The second-order valence-electron chi connectivity index (χ2n) is 3.78. The molecule has 1 spiro atoms. The van der Waals surface area contributed by atoms with Gasteiger partial charge < -0.3 is 5.32 Å². The molecule has 2 rings (SSSR count). The first kappa shape index (κ1) is 7.47. The van der Waals surface area contributed by atoms with Crippen molar-refractivity contribution >= 4 is 17.7 Å². The lowest BCUT2D eigenvalue weighted by Crippen LogP contribution is -2.23. The maximum atomic E-state index is 11.0. The van der Waals surface area contributed by atoms with Gasteiger partial charge in [-0.15, -0.1) is 0 Å². The third-order valence-electron chi connectivity index (χ3n) is 2.59. The molecule has 11 heavy (non-hydrogen) atoms. The molecule has 0 aliphatic carbocycles. The minimum Gasteiger partial charge on any atom is -0.355 e. The molecule has 1 N–H and O–H groups in total. The molecule has 62 valence electrons. The Morgan fingerprint density at radius 2 is 2.55 bits per heavy atom. The van der Waals surface area contributed by atoms with E-state index < -0.39 is 0 Å². The fourth-order valence-corrected chi connectivity index (χ4v) is 3.48. The molecule has 2 atom stereocenters. The fourth-order valence-electron chi connectivity index (χ4n) is 2.04. The maximum absolute atomic E-state index is 11.0. The predicted octanol–water partition coefficient (Wildman–Crippen LogP) is 1.02. The Morgan fingerprint density at radius 1 is 1.73 bits per heavy atom. The third-order valence-corrected chi connectivity index (χ3v) is 4.11. The molecule has 2 unspecified atom stereocenters. The molecule has 2 heterocycles. The van der Waals surface area contributed by atoms with Crippen LogP contribution in [0.25, 0.3) is 0 Å². The van der Waals surface area contributed by atoms with E-state index in [0.717, 1.165) is 18.2 Å². The number of hydrogen-bond donors (Lipinski definition) is 1. The van der Waals surface area contributed by atoms with Crippen molar-refractivity contribution in [1.29, 1.82) is 0 Å². The summed E-state index contributed by atoms with van der Waals surface area (Å²) in [7, 11) is 0. The van der Waals surface area contributed by atoms with Gasteiger partial charge in [0, 0.05) is 29.4 Å². The first-order valence-electron chi connectivity index (χ1n) is 4.09. The molecule has 0 bridgehead atoms. The van der Waals surface area contributed by atoms with Crippen molar-refractivity contribution < 1.29 is 4.79 Å². The number of nitrogens with one attached hydrogen (secondary N) is 1. The minimum absolute atomic E-state index is 0.250. The van der Waals surface area contributed by atoms with Crippen LogP contribution in [0.4, 0.5) is 0 Å². The quantitative estimate of drug-likeness (QED) is 0.589. The van der Waals surface area contributed by atoms with Crippen LogP contribution in [-0.2, 0) is 4.79 Å². The SMILES string of the molecule is CC1CC2(CNC(=O)C2)CS1. The monoisotopic (exact) mass is 171 g/mol. The summed E-state index contributed by atoms with van der Waals surface area (Å²) in [5.74, 6) is 1.42. The number of hydrogen-bond acceptors (Lipinski definition) is 2. The van der Waals surface area contributed by atoms with Crippen LogP contribution in [0.15, 0.2) is 0 Å². The van der Waals surface area contributed by atoms with Gasteiger partial charge >= 0.3 is 0 Å². The Bertz CT molecular complexity index is 195.